The number of aromatic nitrogens is 3. The maximum absolute atomic E-state index is 15.2. The first-order valence-corrected chi connectivity index (χ1v) is 24.3. The molecule has 3 aromatic heterocycles. The number of halogens is 9. The Morgan fingerprint density at radius 3 is 0.823 bits per heavy atom. The molecule has 0 N–H and O–H groups in total. The molecule has 9 rings (SSSR count). The maximum atomic E-state index is 15.2. The summed E-state index contributed by atoms with van der Waals surface area (Å²) in [5, 5.41) is 32.0. The number of hydrogen-bond acceptors (Lipinski definition) is 15. The van der Waals surface area contributed by atoms with Crippen LogP contribution in [0.25, 0.3) is 32.7 Å². The Bertz CT molecular complexity index is 3130. The van der Waals surface area contributed by atoms with Gasteiger partial charge in [0.15, 0.2) is 33.7 Å². The Hall–Kier alpha value is -7.01. The first-order chi connectivity index (χ1) is 37.0. The second-order valence-corrected chi connectivity index (χ2v) is 18.7. The van der Waals surface area contributed by atoms with E-state index in [1.807, 2.05) is 35.8 Å². The molecule has 28 heteroatoms. The van der Waals surface area contributed by atoms with Gasteiger partial charge in [0.2, 0.25) is 0 Å². The van der Waals surface area contributed by atoms with Gasteiger partial charge in [0.1, 0.15) is 54.5 Å². The van der Waals surface area contributed by atoms with E-state index in [-0.39, 0.29) is 73.0 Å². The van der Waals surface area contributed by atoms with Crippen LogP contribution in [0.3, 0.4) is 0 Å². The van der Waals surface area contributed by atoms with Crippen molar-refractivity contribution in [3.8, 4) is 0 Å². The third-order valence-corrected chi connectivity index (χ3v) is 13.8. The summed E-state index contributed by atoms with van der Waals surface area (Å²) in [6.07, 6.45) is 2.52. The summed E-state index contributed by atoms with van der Waals surface area (Å²) < 4.78 is 131. The van der Waals surface area contributed by atoms with Crippen LogP contribution in [-0.4, -0.2) is 186 Å². The van der Waals surface area contributed by atoms with E-state index >= 15 is 13.2 Å². The Morgan fingerprint density at radius 1 is 0.418 bits per heavy atom. The topological polar surface area (TPSA) is 206 Å². The third kappa shape index (κ3) is 12.6. The number of carboxylic acid groups (broad SMARTS) is 3. The van der Waals surface area contributed by atoms with Gasteiger partial charge in [-0.15, -0.1) is 0 Å². The number of anilines is 3. The van der Waals surface area contributed by atoms with E-state index in [9.17, 15) is 70.4 Å². The number of carbonyl (C=O) groups excluding carboxylic acids is 3. The average molecular weight is 1170 g/mol. The Labute approximate surface area is 456 Å². The van der Waals surface area contributed by atoms with Gasteiger partial charge in [-0.3, -0.25) is 14.4 Å². The summed E-state index contributed by atoms with van der Waals surface area (Å²) in [5.41, 5.74) is -7.29. The monoisotopic (exact) mass is 1170 g/mol. The number of alkyl halides is 3. The zero-order chi connectivity index (χ0) is 57.0. The molecule has 79 heavy (non-hydrogen) atoms. The summed E-state index contributed by atoms with van der Waals surface area (Å²) in [6, 6.07) is 2.45. The van der Waals surface area contributed by atoms with Crippen molar-refractivity contribution >= 4 is 87.5 Å². The van der Waals surface area contributed by atoms with Gasteiger partial charge in [-0.2, -0.15) is 0 Å². The number of hydrogen-bond donors (Lipinski definition) is 0. The molecule has 0 amide bonds. The standard InChI is InChI=1S/3C17H18F3N3O3.Ga/c3*1-21-4-6-22(7-5-21)15-12(19)8-10-14(13(15)20)23(3-2-18)9-11(16(10)24)17(25)26;/h3*8-9H,2-7H2,1H3,(H,25,26);/q;;;+3/p-3. The van der Waals surface area contributed by atoms with Gasteiger partial charge in [-0.05, 0) is 39.3 Å². The number of nitrogens with zero attached hydrogens (tertiary/aromatic N) is 9. The molecule has 0 aliphatic carbocycles. The molecular weight excluding hydrogens is 1120 g/mol. The maximum Gasteiger partial charge on any atom is 3.00 e. The summed E-state index contributed by atoms with van der Waals surface area (Å²) in [4.78, 5) is 80.8. The number of aromatic carboxylic acids is 3. The van der Waals surface area contributed by atoms with Gasteiger partial charge in [0.25, 0.3) is 0 Å². The molecular formula is C51H51F9GaN9O9. The van der Waals surface area contributed by atoms with Crippen molar-refractivity contribution in [1.82, 2.24) is 28.4 Å². The normalized spacial score (nSPS) is 15.4. The number of aryl methyl sites for hydroxylation is 3. The Morgan fingerprint density at radius 2 is 0.633 bits per heavy atom. The minimum Gasteiger partial charge on any atom is -0.545 e. The molecule has 18 nitrogen and oxygen atoms in total. The Kier molecular flexibility index (Phi) is 20.0. The van der Waals surface area contributed by atoms with Crippen LogP contribution in [0, 0.1) is 34.9 Å². The fraction of sp³-hybridized carbons (Fsp3) is 0.412. The Balaban J connectivity index is 0.000000190. The first kappa shape index (κ1) is 61.2. The second kappa shape index (κ2) is 25.8. The molecule has 3 fully saturated rings. The van der Waals surface area contributed by atoms with Gasteiger partial charge in [0.05, 0.1) is 86.9 Å². The number of carbonyl (C=O) groups is 3. The molecule has 6 aromatic rings. The van der Waals surface area contributed by atoms with E-state index in [0.29, 0.717) is 78.5 Å². The van der Waals surface area contributed by atoms with Crippen LogP contribution in [0.15, 0.2) is 51.2 Å². The van der Waals surface area contributed by atoms with Gasteiger partial charge in [0, 0.05) is 97.1 Å². The predicted molar refractivity (Wildman–Crippen MR) is 270 cm³/mol. The molecule has 0 bridgehead atoms. The largest absolute Gasteiger partial charge is 3.00 e. The minimum atomic E-state index is -1.78. The molecule has 0 unspecified atom stereocenters. The van der Waals surface area contributed by atoms with E-state index < -0.39 is 122 Å². The summed E-state index contributed by atoms with van der Waals surface area (Å²) in [6.45, 7) is 2.13. The van der Waals surface area contributed by atoms with Crippen molar-refractivity contribution in [2.45, 2.75) is 19.6 Å². The van der Waals surface area contributed by atoms with E-state index in [0.717, 1.165) is 50.5 Å². The van der Waals surface area contributed by atoms with Crippen LogP contribution in [0.1, 0.15) is 31.1 Å². The van der Waals surface area contributed by atoms with Crippen LogP contribution < -0.4 is 46.3 Å². The summed E-state index contributed by atoms with van der Waals surface area (Å²) in [7, 11) is 5.68. The fourth-order valence-corrected chi connectivity index (χ4v) is 9.63. The van der Waals surface area contributed by atoms with Gasteiger partial charge in [-0.25, -0.2) is 39.5 Å². The van der Waals surface area contributed by atoms with E-state index in [1.165, 1.54) is 14.7 Å². The van der Waals surface area contributed by atoms with E-state index in [4.69, 9.17) is 0 Å². The number of piperazine rings is 3. The van der Waals surface area contributed by atoms with E-state index in [2.05, 4.69) is 0 Å². The van der Waals surface area contributed by atoms with E-state index in [1.54, 1.807) is 0 Å². The molecule has 3 aliphatic rings. The molecule has 6 heterocycles. The molecule has 3 aliphatic heterocycles. The average Bonchev–Trinajstić information content (AvgIpc) is 3.48. The molecule has 0 saturated carbocycles. The smallest absolute Gasteiger partial charge is 0.545 e. The molecule has 420 valence electrons. The van der Waals surface area contributed by atoms with Crippen molar-refractivity contribution in [3.63, 3.8) is 0 Å². The second-order valence-electron chi connectivity index (χ2n) is 18.7. The SMILES string of the molecule is CN1CCN(c2c(F)cc3c(=O)c(C(=O)[O-])cn(CCF)c3c2F)CC1.CN1CCN(c2c(F)cc3c(=O)c(C(=O)[O-])cn(CCF)c3c2F)CC1.CN1CCN(c2c(F)cc3c(=O)c(C(=O)[O-])cn(CCF)c3c2F)CC1.[Ga+3]. The number of fused-ring (bicyclic) bond motifs is 3. The number of rotatable bonds is 12. The van der Waals surface area contributed by atoms with Gasteiger partial charge < -0.3 is 72.8 Å². The van der Waals surface area contributed by atoms with Crippen LogP contribution in [0.5, 0.6) is 0 Å². The zero-order valence-electron chi connectivity index (χ0n) is 42.9. The molecule has 0 spiro atoms. The van der Waals surface area contributed by atoms with Crippen LogP contribution in [0.4, 0.5) is 56.6 Å². The van der Waals surface area contributed by atoms with Gasteiger partial charge >= 0.3 is 19.8 Å². The predicted octanol–water partition coefficient (Wildman–Crippen LogP) is 0.713. The van der Waals surface area contributed by atoms with Crippen molar-refractivity contribution in [3.05, 3.63) is 119 Å². The number of benzene rings is 3. The summed E-state index contributed by atoms with van der Waals surface area (Å²) >= 11 is 0. The zero-order valence-corrected chi connectivity index (χ0v) is 45.3. The molecule has 3 aromatic carbocycles. The molecule has 3 saturated heterocycles. The van der Waals surface area contributed by atoms with Crippen LogP contribution in [0.2, 0.25) is 0 Å². The number of likely N-dealkylation sites (N-methyl/N-ethyl adjacent to an activating group) is 3. The van der Waals surface area contributed by atoms with Crippen molar-refractivity contribution in [2.75, 3.05) is 134 Å². The van der Waals surface area contributed by atoms with Gasteiger partial charge in [-0.1, -0.05) is 0 Å². The molecule has 0 atom stereocenters. The van der Waals surface area contributed by atoms with Crippen molar-refractivity contribution in [2.24, 2.45) is 0 Å². The molecule has 0 radical (unpaired) electrons. The fourth-order valence-electron chi connectivity index (χ4n) is 9.63. The quantitative estimate of drug-likeness (QED) is 0.122. The summed E-state index contributed by atoms with van der Waals surface area (Å²) in [5.74, 6) is -11.2. The number of pyridine rings is 3. The number of carboxylic acids is 3. The van der Waals surface area contributed by atoms with Crippen molar-refractivity contribution in [1.29, 1.82) is 0 Å². The first-order valence-electron chi connectivity index (χ1n) is 24.3. The van der Waals surface area contributed by atoms with Crippen molar-refractivity contribution < 1.29 is 69.2 Å². The van der Waals surface area contributed by atoms with Crippen LogP contribution >= 0.6 is 0 Å². The third-order valence-electron chi connectivity index (χ3n) is 13.8. The minimum absolute atomic E-state index is 0. The van der Waals surface area contributed by atoms with Crippen LogP contribution in [-0.2, 0) is 19.6 Å².